The lowest BCUT2D eigenvalue weighted by molar-refractivity contribution is -0.392. The van der Waals surface area contributed by atoms with Crippen LogP contribution in [0.1, 0.15) is 0 Å². The first-order valence-corrected chi connectivity index (χ1v) is 4.80. The number of aromatic nitrogens is 1. The summed E-state index contributed by atoms with van der Waals surface area (Å²) in [5, 5.41) is 13.0. The summed E-state index contributed by atoms with van der Waals surface area (Å²) in [5.41, 5.74) is 0. The molecule has 1 N–H and O–H groups in total. The van der Waals surface area contributed by atoms with Crippen LogP contribution in [0.2, 0.25) is 0 Å². The Morgan fingerprint density at radius 3 is 3.12 bits per heavy atom. The van der Waals surface area contributed by atoms with Crippen molar-refractivity contribution in [3.8, 4) is 0 Å². The maximum absolute atomic E-state index is 11.7. The van der Waals surface area contributed by atoms with E-state index >= 15 is 0 Å². The van der Waals surface area contributed by atoms with E-state index in [1.807, 2.05) is 0 Å². The summed E-state index contributed by atoms with van der Waals surface area (Å²) >= 11 is 0. The molecule has 2 heterocycles. The number of rotatable bonds is 5. The summed E-state index contributed by atoms with van der Waals surface area (Å²) in [6, 6.07) is 2.91. The molecule has 1 aliphatic heterocycles. The van der Waals surface area contributed by atoms with Crippen LogP contribution in [0.3, 0.4) is 0 Å². The number of halogens is 2. The van der Waals surface area contributed by atoms with Gasteiger partial charge in [0.15, 0.2) is 6.23 Å². The van der Waals surface area contributed by atoms with Gasteiger partial charge in [0.05, 0.1) is 12.4 Å². The summed E-state index contributed by atoms with van der Waals surface area (Å²) in [6.07, 6.45) is -0.599. The molecule has 0 aromatic carbocycles. The van der Waals surface area contributed by atoms with E-state index < -0.39 is 17.2 Å². The van der Waals surface area contributed by atoms with E-state index in [9.17, 15) is 18.9 Å². The molecule has 1 saturated heterocycles. The number of epoxide rings is 1. The monoisotopic (exact) mass is 245 g/mol. The van der Waals surface area contributed by atoms with Crippen molar-refractivity contribution in [1.82, 2.24) is 9.88 Å². The molecule has 1 aliphatic rings. The average Bonchev–Trinajstić information content (AvgIpc) is 2.79. The van der Waals surface area contributed by atoms with Crippen LogP contribution in [0.25, 0.3) is 0 Å². The molecule has 1 aromatic rings. The Kier molecular flexibility index (Phi) is 3.05. The first-order chi connectivity index (χ1) is 8.08. The first kappa shape index (κ1) is 11.5. The quantitative estimate of drug-likeness (QED) is 0.484. The first-order valence-electron chi connectivity index (χ1n) is 4.80. The largest absolute Gasteiger partial charge is 0.360 e. The highest BCUT2D eigenvalue weighted by molar-refractivity contribution is 5.21. The summed E-state index contributed by atoms with van der Waals surface area (Å²) in [7, 11) is 0. The standard InChI is InChI=1S/C9H9F2N3O3/c10-7(11)4-12-9-6(17-9)5-13-3-1-2-8(13)14(15)16/h1-4,6,9,12H,5H2. The average molecular weight is 245 g/mol. The molecule has 0 spiro atoms. The Labute approximate surface area is 94.6 Å². The van der Waals surface area contributed by atoms with Gasteiger partial charge >= 0.3 is 5.82 Å². The van der Waals surface area contributed by atoms with Crippen molar-refractivity contribution < 1.29 is 18.4 Å². The van der Waals surface area contributed by atoms with Gasteiger partial charge < -0.3 is 20.2 Å². The van der Waals surface area contributed by atoms with Gasteiger partial charge in [0, 0.05) is 6.07 Å². The second-order valence-corrected chi connectivity index (χ2v) is 3.47. The molecule has 0 aliphatic carbocycles. The summed E-state index contributed by atoms with van der Waals surface area (Å²) in [4.78, 5) is 10.1. The lowest BCUT2D eigenvalue weighted by atomic mass is 10.4. The van der Waals surface area contributed by atoms with Gasteiger partial charge in [0.1, 0.15) is 12.6 Å². The summed E-state index contributed by atoms with van der Waals surface area (Å²) in [6.45, 7) is 0.253. The number of hydrogen-bond acceptors (Lipinski definition) is 4. The molecular formula is C9H9F2N3O3. The molecule has 1 fully saturated rings. The van der Waals surface area contributed by atoms with Crippen LogP contribution < -0.4 is 5.32 Å². The molecule has 6 nitrogen and oxygen atoms in total. The Morgan fingerprint density at radius 2 is 2.47 bits per heavy atom. The Morgan fingerprint density at radius 1 is 1.71 bits per heavy atom. The van der Waals surface area contributed by atoms with Crippen LogP contribution in [-0.2, 0) is 11.3 Å². The second kappa shape index (κ2) is 4.50. The molecule has 17 heavy (non-hydrogen) atoms. The zero-order chi connectivity index (χ0) is 12.4. The fourth-order valence-electron chi connectivity index (χ4n) is 1.49. The fraction of sp³-hybridized carbons (Fsp3) is 0.333. The van der Waals surface area contributed by atoms with Crippen LogP contribution in [0.4, 0.5) is 14.6 Å². The van der Waals surface area contributed by atoms with Crippen molar-refractivity contribution in [2.45, 2.75) is 18.9 Å². The van der Waals surface area contributed by atoms with Crippen LogP contribution in [0.5, 0.6) is 0 Å². The molecule has 0 saturated carbocycles. The lowest BCUT2D eigenvalue weighted by Gasteiger charge is -1.98. The minimum absolute atomic E-state index is 0.0496. The molecule has 1 aromatic heterocycles. The van der Waals surface area contributed by atoms with E-state index in [1.165, 1.54) is 10.6 Å². The van der Waals surface area contributed by atoms with Crippen molar-refractivity contribution in [2.75, 3.05) is 0 Å². The van der Waals surface area contributed by atoms with Crippen molar-refractivity contribution in [3.63, 3.8) is 0 Å². The van der Waals surface area contributed by atoms with E-state index in [2.05, 4.69) is 5.32 Å². The molecule has 2 atom stereocenters. The van der Waals surface area contributed by atoms with Gasteiger partial charge in [0.2, 0.25) is 0 Å². The number of nitrogens with one attached hydrogen (secondary N) is 1. The summed E-state index contributed by atoms with van der Waals surface area (Å²) in [5.74, 6) is -0.0496. The highest BCUT2D eigenvalue weighted by Crippen LogP contribution is 2.24. The van der Waals surface area contributed by atoms with Gasteiger partial charge in [-0.3, -0.25) is 0 Å². The molecule has 2 rings (SSSR count). The minimum Gasteiger partial charge on any atom is -0.360 e. The van der Waals surface area contributed by atoms with Crippen molar-refractivity contribution >= 4 is 5.82 Å². The van der Waals surface area contributed by atoms with Gasteiger partial charge in [-0.2, -0.15) is 8.78 Å². The molecule has 92 valence electrons. The highest BCUT2D eigenvalue weighted by Gasteiger charge is 2.41. The molecule has 8 heteroatoms. The van der Waals surface area contributed by atoms with Crippen molar-refractivity contribution in [3.05, 3.63) is 40.7 Å². The topological polar surface area (TPSA) is 72.6 Å². The van der Waals surface area contributed by atoms with Gasteiger partial charge in [-0.25, -0.2) is 4.57 Å². The highest BCUT2D eigenvalue weighted by atomic mass is 19.3. The van der Waals surface area contributed by atoms with Crippen molar-refractivity contribution in [2.24, 2.45) is 0 Å². The van der Waals surface area contributed by atoms with E-state index in [4.69, 9.17) is 4.74 Å². The second-order valence-electron chi connectivity index (χ2n) is 3.47. The van der Waals surface area contributed by atoms with Gasteiger partial charge in [-0.15, -0.1) is 0 Å². The Hall–Kier alpha value is -1.96. The van der Waals surface area contributed by atoms with Crippen LogP contribution in [-0.4, -0.2) is 21.8 Å². The normalized spacial score (nSPS) is 22.0. The number of hydrogen-bond donors (Lipinski definition) is 1. The minimum atomic E-state index is -1.84. The Bertz CT molecular complexity index is 456. The van der Waals surface area contributed by atoms with Crippen LogP contribution in [0.15, 0.2) is 30.6 Å². The maximum Gasteiger partial charge on any atom is 0.323 e. The smallest absolute Gasteiger partial charge is 0.323 e. The van der Waals surface area contributed by atoms with E-state index in [1.54, 1.807) is 12.3 Å². The number of nitro groups is 1. The predicted molar refractivity (Wildman–Crippen MR) is 53.2 cm³/mol. The fourth-order valence-corrected chi connectivity index (χ4v) is 1.49. The van der Waals surface area contributed by atoms with Crippen molar-refractivity contribution in [1.29, 1.82) is 0 Å². The molecule has 2 unspecified atom stereocenters. The number of ether oxygens (including phenoxy) is 1. The Balaban J connectivity index is 1.89. The number of nitrogens with zero attached hydrogens (tertiary/aromatic N) is 2. The molecule has 0 radical (unpaired) electrons. The maximum atomic E-state index is 11.7. The van der Waals surface area contributed by atoms with E-state index in [0.29, 0.717) is 6.20 Å². The van der Waals surface area contributed by atoms with Crippen LogP contribution >= 0.6 is 0 Å². The van der Waals surface area contributed by atoms with E-state index in [0.717, 1.165) is 0 Å². The molecule has 0 amide bonds. The zero-order valence-corrected chi connectivity index (χ0v) is 8.55. The third-order valence-corrected chi connectivity index (χ3v) is 2.31. The summed E-state index contributed by atoms with van der Waals surface area (Å²) < 4.78 is 29.9. The van der Waals surface area contributed by atoms with E-state index in [-0.39, 0.29) is 18.5 Å². The molecule has 0 bridgehead atoms. The van der Waals surface area contributed by atoms with Gasteiger partial charge in [-0.1, -0.05) is 0 Å². The van der Waals surface area contributed by atoms with Gasteiger partial charge in [-0.05, 0) is 11.0 Å². The SMILES string of the molecule is O=[N+]([O-])c1cccn1CC1OC1NC=C(F)F. The molecular weight excluding hydrogens is 236 g/mol. The third-order valence-electron chi connectivity index (χ3n) is 2.31. The third kappa shape index (κ3) is 2.78. The van der Waals surface area contributed by atoms with Gasteiger partial charge in [0.25, 0.3) is 6.08 Å². The van der Waals surface area contributed by atoms with Crippen LogP contribution in [0, 0.1) is 10.1 Å². The lowest BCUT2D eigenvalue weighted by Crippen LogP contribution is -2.16. The zero-order valence-electron chi connectivity index (χ0n) is 8.55. The predicted octanol–water partition coefficient (Wildman–Crippen LogP) is 1.45.